The summed E-state index contributed by atoms with van der Waals surface area (Å²) in [7, 11) is 0. The predicted octanol–water partition coefficient (Wildman–Crippen LogP) is 13.3. The van der Waals surface area contributed by atoms with Crippen molar-refractivity contribution in [3.63, 3.8) is 0 Å². The average molecular weight is 1960 g/mol. The van der Waals surface area contributed by atoms with Gasteiger partial charge in [-0.15, -0.1) is 24.8 Å². The van der Waals surface area contributed by atoms with E-state index < -0.39 is 17.7 Å². The second-order valence-corrected chi connectivity index (χ2v) is 35.9. The first kappa shape index (κ1) is 116. The number of oxime groups is 1. The minimum atomic E-state index is -1.08. The van der Waals surface area contributed by atoms with Crippen molar-refractivity contribution in [1.82, 2.24) is 19.9 Å². The molecule has 8 aromatic rings. The number of nitrogen functional groups attached to an aromatic ring is 1. The van der Waals surface area contributed by atoms with Gasteiger partial charge in [0.15, 0.2) is 17.4 Å². The number of fused-ring (bicyclic) bond motifs is 2. The molecule has 6 aliphatic rings. The number of carboxylic acids is 1. The van der Waals surface area contributed by atoms with Crippen LogP contribution in [0, 0.1) is 0 Å². The molecule has 4 aromatic carbocycles. The molecule has 0 unspecified atom stereocenters. The van der Waals surface area contributed by atoms with Crippen LogP contribution in [0.4, 0.5) is 38.3 Å². The Morgan fingerprint density at radius 2 is 0.922 bits per heavy atom. The molecular formula is C80H119AlBr3Cl2FLiN12NaO8S6. The van der Waals surface area contributed by atoms with Crippen molar-refractivity contribution in [2.24, 2.45) is 16.8 Å². The van der Waals surface area contributed by atoms with Gasteiger partial charge in [0.2, 0.25) is 0 Å². The SMILES string of the molecule is Brc1ccc(Br)nc1.Brc1ccc(NC2CCSCC2)nc1.C.CC(=O)[O-].CC(C)(C)OC(=O)Nc1ccc(-c2ccc(NC3CCSCC3)nc2)c2ccccc12.CCO.Cl.Cl.F.NC1CCSCC1.NO.Nc1ccc(-c2ccc(NC3CCSCC3)nc2)c2ccccc12.O=C1CCSCC1.ON=C1CCSCC1.[3HH].[AlH3].[H-].[Li+].[Na+]. The summed E-state index contributed by atoms with van der Waals surface area (Å²) in [4.78, 5) is 49.2. The number of ether oxygens (including phenoxy) is 1. The number of nitrogens with zero attached hydrogens (tertiary/aromatic N) is 5. The van der Waals surface area contributed by atoms with E-state index in [1.807, 2.05) is 177 Å². The number of amides is 1. The minimum absolute atomic E-state index is 0. The smallest absolute Gasteiger partial charge is 1.00 e. The maximum absolute atomic E-state index is 12.3. The molecule has 35 heteroatoms. The van der Waals surface area contributed by atoms with Gasteiger partial charge in [-0.3, -0.25) is 14.8 Å². The number of thioether (sulfide) groups is 6. The average Bonchev–Trinajstić information content (AvgIpc) is 0.793. The number of carbonyl (C=O) groups excluding carboxylic acids is 3. The molecule has 6 fully saturated rings. The molecule has 115 heavy (non-hydrogen) atoms. The Morgan fingerprint density at radius 3 is 1.24 bits per heavy atom. The Morgan fingerprint density at radius 1 is 0.574 bits per heavy atom. The number of aliphatic hydroxyl groups is 1. The molecule has 0 radical (unpaired) electrons. The van der Waals surface area contributed by atoms with E-state index >= 15 is 0 Å². The Bertz CT molecular complexity index is 3900. The molecule has 0 bridgehead atoms. The monoisotopic (exact) mass is 1950 g/mol. The number of hydrogen-bond acceptors (Lipinski definition) is 25. The summed E-state index contributed by atoms with van der Waals surface area (Å²) >= 11 is 21.8. The number of aliphatic carboxylic acids is 1. The van der Waals surface area contributed by atoms with Crippen LogP contribution in [0.25, 0.3) is 43.8 Å². The minimum Gasteiger partial charge on any atom is -1.00 e. The molecular weight excluding hydrogens is 1840 g/mol. The number of carbonyl (C=O) groups is 3. The molecule has 6 aliphatic heterocycles. The van der Waals surface area contributed by atoms with Gasteiger partial charge in [-0.25, -0.2) is 30.6 Å². The van der Waals surface area contributed by atoms with Crippen molar-refractivity contribution < 1.29 is 95.7 Å². The van der Waals surface area contributed by atoms with Crippen LogP contribution in [0.15, 0.2) is 165 Å². The third-order valence-corrected chi connectivity index (χ3v) is 23.9. The summed E-state index contributed by atoms with van der Waals surface area (Å²) in [6, 6.07) is 42.8. The number of Topliss-reactive ketones (excluding diaryl/α,β-unsaturated/α-hetero) is 1. The number of pyridine rings is 4. The van der Waals surface area contributed by atoms with E-state index in [1.54, 1.807) is 13.1 Å². The first-order chi connectivity index (χ1) is 52.2. The summed E-state index contributed by atoms with van der Waals surface area (Å²) in [5.74, 6) is 20.1. The Labute approximate surface area is 791 Å². The third kappa shape index (κ3) is 49.1. The summed E-state index contributed by atoms with van der Waals surface area (Å²) < 4.78 is 8.30. The standard InChI is InChI=1S/C25H29N3O2S.C20H21N3S.C10H13BrN2S.C5H3Br2N.C5H9NOS.C5H11NS.C5H8OS.C2H4O2.C2H6O.CH4.Al.2ClH.FH.Li.H3NO.Na.H2.4H/c1-25(2,3)30-24(29)28-22-10-9-19(20-6-4-5-7-21(20)22)17-8-11-23(26-16-17)27-18-12-14-31-15-13-18;21-19-7-6-16(17-3-1-2-4-18(17)19)14-5-8-20(22-13-14)23-15-9-11-24-12-10-15;11-8-1-2-10(12-7-8)13-9-3-5-14-6-4-9;6-4-1-2-5(7)8-3-4;7-6-5-1-3-8-4-2-5;2*6-5-1-3-7-4-2-5;1-2(3)4;1-2-3;;;;;;;1-2;;;;;;/h4-11,16,18H,12-15H2,1-3H3,(H,26,27)(H,28,29);1-8,13,15H,9-12,21H2,(H,22,23);1-2,7,9H,3-6H2,(H,12,13);1-3H;7H,1-4H2;5H,1-4,6H2;1-4H2;1H3,(H,3,4);3H,2H2,1H3;1H4;;3*1H;;2H,1H2;;1H;;;;/q;;;;;;;;;;;;;;+1;;+1;;;;;-1/p-1/i;;;;;;;;;;;;;;;;;1+2;;;;. The van der Waals surface area contributed by atoms with E-state index in [-0.39, 0.29) is 112 Å². The van der Waals surface area contributed by atoms with E-state index in [0.29, 0.717) is 30.0 Å². The van der Waals surface area contributed by atoms with Crippen LogP contribution < -0.4 is 92.2 Å². The van der Waals surface area contributed by atoms with Gasteiger partial charge in [-0.1, -0.05) is 73.2 Å². The van der Waals surface area contributed by atoms with Gasteiger partial charge in [-0.05, 0) is 287 Å². The van der Waals surface area contributed by atoms with Crippen molar-refractivity contribution >= 4 is 234 Å². The van der Waals surface area contributed by atoms with Crippen LogP contribution in [-0.2, 0) is 14.3 Å². The van der Waals surface area contributed by atoms with Gasteiger partial charge in [-0.2, -0.15) is 70.6 Å². The van der Waals surface area contributed by atoms with Gasteiger partial charge in [0.1, 0.15) is 33.4 Å². The van der Waals surface area contributed by atoms with Crippen molar-refractivity contribution in [1.29, 1.82) is 0 Å². The Hall–Kier alpha value is -2.90. The fraction of sp³-hybridized carbons (Fsp3) is 0.450. The predicted molar refractivity (Wildman–Crippen MR) is 510 cm³/mol. The van der Waals surface area contributed by atoms with E-state index in [2.05, 4.69) is 155 Å². The van der Waals surface area contributed by atoms with E-state index in [9.17, 15) is 9.59 Å². The van der Waals surface area contributed by atoms with E-state index in [1.165, 1.54) is 108 Å². The Balaban J connectivity index is -0.000000432. The number of rotatable bonds is 9. The molecule has 0 spiro atoms. The molecule has 6 saturated heterocycles. The molecule has 4 aromatic heterocycles. The molecule has 20 nitrogen and oxygen atoms in total. The van der Waals surface area contributed by atoms with Gasteiger partial charge in [0, 0.05) is 124 Å². The van der Waals surface area contributed by atoms with Crippen LogP contribution in [0.2, 0.25) is 0 Å². The number of nitrogens with one attached hydrogen (secondary N) is 4. The van der Waals surface area contributed by atoms with Gasteiger partial charge >= 0.3 is 54.5 Å². The van der Waals surface area contributed by atoms with Gasteiger partial charge in [0.25, 0.3) is 0 Å². The Kier molecular flexibility index (Phi) is 69.4. The van der Waals surface area contributed by atoms with Crippen molar-refractivity contribution in [3.8, 4) is 22.3 Å². The fourth-order valence-electron chi connectivity index (χ4n) is 10.9. The molecule has 1 amide bonds. The molecule has 14 rings (SSSR count). The zero-order valence-corrected chi connectivity index (χ0v) is 78.8. The van der Waals surface area contributed by atoms with Gasteiger partial charge in [0.05, 0.1) is 11.4 Å². The molecule has 630 valence electrons. The first-order valence-electron chi connectivity index (χ1n) is 36.1. The number of anilines is 5. The summed E-state index contributed by atoms with van der Waals surface area (Å²) in [6.07, 6.45) is 20.3. The number of carboxylic acid groups (broad SMARTS) is 1. The first-order valence-corrected chi connectivity index (χ1v) is 45.4. The van der Waals surface area contributed by atoms with Crippen LogP contribution in [0.3, 0.4) is 0 Å². The largest absolute Gasteiger partial charge is 1.00 e. The van der Waals surface area contributed by atoms with Crippen LogP contribution in [0.1, 0.15) is 122 Å². The van der Waals surface area contributed by atoms with Crippen LogP contribution in [-0.4, -0.2) is 182 Å². The fourth-order valence-corrected chi connectivity index (χ4v) is 18.0. The quantitative estimate of drug-likeness (QED) is 0.0211. The third-order valence-electron chi connectivity index (χ3n) is 16.3. The number of hydrogen-bond donors (Lipinski definition) is 10. The number of ketones is 1. The topological polar surface area (TPSA) is 334 Å². The molecule has 10 heterocycles. The number of nitrogens with two attached hydrogens (primary N) is 3. The number of benzene rings is 4. The zero-order valence-electron chi connectivity index (χ0n) is 66.5. The maximum atomic E-state index is 12.3. The number of aliphatic hydroxyl groups excluding tert-OH is 1. The van der Waals surface area contributed by atoms with E-state index in [0.717, 1.165) is 137 Å². The normalized spacial score (nSPS) is 14.9. The van der Waals surface area contributed by atoms with E-state index in [4.69, 9.17) is 41.6 Å². The summed E-state index contributed by atoms with van der Waals surface area (Å²) in [5.41, 5.74) is 18.1. The summed E-state index contributed by atoms with van der Waals surface area (Å²) in [6.45, 7) is 8.46. The van der Waals surface area contributed by atoms with Crippen LogP contribution >= 0.6 is 143 Å². The number of halogens is 6. The zero-order chi connectivity index (χ0) is 78.3. The van der Waals surface area contributed by atoms with Crippen LogP contribution in [0.5, 0.6) is 0 Å². The molecule has 13 N–H and O–H groups in total. The second-order valence-electron chi connectivity index (χ2n) is 25.9. The maximum Gasteiger partial charge on any atom is 1.00 e. The molecule has 0 saturated carbocycles. The van der Waals surface area contributed by atoms with Crippen molar-refractivity contribution in [2.45, 2.75) is 149 Å². The van der Waals surface area contributed by atoms with Crippen molar-refractivity contribution in [3.05, 3.63) is 160 Å². The molecule has 0 atom stereocenters. The second kappa shape index (κ2) is 68.6. The molecule has 0 aliphatic carbocycles. The van der Waals surface area contributed by atoms with Gasteiger partial charge < -0.3 is 59.0 Å². The van der Waals surface area contributed by atoms with Crippen molar-refractivity contribution in [2.75, 3.05) is 103 Å². The summed E-state index contributed by atoms with van der Waals surface area (Å²) in [5, 5.41) is 52.1. The number of aromatic nitrogens is 4.